The molecule has 0 heterocycles. The highest BCUT2D eigenvalue weighted by molar-refractivity contribution is 5.94. The Morgan fingerprint density at radius 2 is 2.05 bits per heavy atom. The van der Waals surface area contributed by atoms with Gasteiger partial charge in [-0.05, 0) is 38.5 Å². The summed E-state index contributed by atoms with van der Waals surface area (Å²) in [4.78, 5) is 14.3. The van der Waals surface area contributed by atoms with Crippen LogP contribution in [0, 0.1) is 11.8 Å². The van der Waals surface area contributed by atoms with E-state index in [0.717, 1.165) is 5.56 Å². The molecule has 114 valence electrons. The Kier molecular flexibility index (Phi) is 7.52. The highest BCUT2D eigenvalue weighted by atomic mass is 16.3. The lowest BCUT2D eigenvalue weighted by Crippen LogP contribution is -2.38. The van der Waals surface area contributed by atoms with Crippen molar-refractivity contribution in [1.29, 1.82) is 0 Å². The summed E-state index contributed by atoms with van der Waals surface area (Å²) < 4.78 is 0. The number of carbonyl (C=O) groups is 1. The first-order valence-electron chi connectivity index (χ1n) is 7.21. The van der Waals surface area contributed by atoms with Crippen LogP contribution in [0.4, 0.5) is 0 Å². The fourth-order valence-corrected chi connectivity index (χ4v) is 1.95. The summed E-state index contributed by atoms with van der Waals surface area (Å²) in [6.07, 6.45) is 0.993. The van der Waals surface area contributed by atoms with Gasteiger partial charge in [-0.1, -0.05) is 17.9 Å². The average molecular weight is 289 g/mol. The first-order valence-corrected chi connectivity index (χ1v) is 7.21. The van der Waals surface area contributed by atoms with E-state index >= 15 is 0 Å². The summed E-state index contributed by atoms with van der Waals surface area (Å²) in [6.45, 7) is 4.56. The number of amides is 1. The third-order valence-corrected chi connectivity index (χ3v) is 3.02. The number of nitrogens with zero attached hydrogens (tertiary/aromatic N) is 1. The molecule has 21 heavy (non-hydrogen) atoms. The summed E-state index contributed by atoms with van der Waals surface area (Å²) in [6, 6.07) is 7.26. The zero-order valence-electron chi connectivity index (χ0n) is 12.7. The van der Waals surface area contributed by atoms with Gasteiger partial charge in [-0.2, -0.15) is 0 Å². The molecule has 0 atom stereocenters. The largest absolute Gasteiger partial charge is 0.396 e. The van der Waals surface area contributed by atoms with E-state index in [4.69, 9.17) is 10.2 Å². The quantitative estimate of drug-likeness (QED) is 0.783. The van der Waals surface area contributed by atoms with Gasteiger partial charge in [-0.25, -0.2) is 0 Å². The van der Waals surface area contributed by atoms with Crippen molar-refractivity contribution in [3.8, 4) is 11.8 Å². The van der Waals surface area contributed by atoms with Crippen LogP contribution in [0.15, 0.2) is 24.3 Å². The number of rotatable bonds is 6. The highest BCUT2D eigenvalue weighted by Gasteiger charge is 2.18. The zero-order chi connectivity index (χ0) is 15.7. The minimum Gasteiger partial charge on any atom is -0.396 e. The van der Waals surface area contributed by atoms with Crippen molar-refractivity contribution >= 4 is 5.91 Å². The topological polar surface area (TPSA) is 60.8 Å². The molecular formula is C17H23NO3. The summed E-state index contributed by atoms with van der Waals surface area (Å²) in [5.74, 6) is 5.73. The van der Waals surface area contributed by atoms with Gasteiger partial charge in [0.05, 0.1) is 6.61 Å². The van der Waals surface area contributed by atoms with Crippen molar-refractivity contribution in [1.82, 2.24) is 4.90 Å². The van der Waals surface area contributed by atoms with Gasteiger partial charge in [0.1, 0.15) is 0 Å². The second kappa shape index (κ2) is 9.17. The Hall–Kier alpha value is -1.83. The molecule has 0 bridgehead atoms. The zero-order valence-corrected chi connectivity index (χ0v) is 12.7. The van der Waals surface area contributed by atoms with E-state index < -0.39 is 0 Å². The predicted molar refractivity (Wildman–Crippen MR) is 82.9 cm³/mol. The maximum absolute atomic E-state index is 12.5. The Labute approximate surface area is 126 Å². The number of aliphatic hydroxyl groups excluding tert-OH is 2. The van der Waals surface area contributed by atoms with Gasteiger partial charge in [-0.3, -0.25) is 4.79 Å². The molecular weight excluding hydrogens is 266 g/mol. The Morgan fingerprint density at radius 1 is 1.29 bits per heavy atom. The first-order chi connectivity index (χ1) is 10.1. The second-order valence-electron chi connectivity index (χ2n) is 5.03. The van der Waals surface area contributed by atoms with Crippen LogP contribution in [0.25, 0.3) is 0 Å². The normalized spacial score (nSPS) is 10.1. The Morgan fingerprint density at radius 3 is 2.67 bits per heavy atom. The van der Waals surface area contributed by atoms with Crippen molar-refractivity contribution in [2.24, 2.45) is 0 Å². The van der Waals surface area contributed by atoms with Gasteiger partial charge in [0.2, 0.25) is 0 Å². The van der Waals surface area contributed by atoms with Gasteiger partial charge >= 0.3 is 0 Å². The molecule has 0 saturated heterocycles. The third kappa shape index (κ3) is 5.58. The number of aliphatic hydroxyl groups is 2. The van der Waals surface area contributed by atoms with Crippen molar-refractivity contribution in [3.63, 3.8) is 0 Å². The molecule has 0 radical (unpaired) electrons. The molecule has 1 amide bonds. The lowest BCUT2D eigenvalue weighted by Gasteiger charge is -2.26. The fourth-order valence-electron chi connectivity index (χ4n) is 1.95. The molecule has 0 aromatic heterocycles. The second-order valence-corrected chi connectivity index (χ2v) is 5.03. The number of hydrogen-bond acceptors (Lipinski definition) is 3. The van der Waals surface area contributed by atoms with Crippen LogP contribution in [0.2, 0.25) is 0 Å². The summed E-state index contributed by atoms with van der Waals surface area (Å²) in [5.41, 5.74) is 1.36. The van der Waals surface area contributed by atoms with Crippen LogP contribution in [0.1, 0.15) is 42.6 Å². The van der Waals surface area contributed by atoms with E-state index in [1.807, 2.05) is 19.9 Å². The summed E-state index contributed by atoms with van der Waals surface area (Å²) in [7, 11) is 0. The van der Waals surface area contributed by atoms with Crippen molar-refractivity contribution in [2.75, 3.05) is 19.8 Å². The van der Waals surface area contributed by atoms with Gasteiger partial charge in [0.15, 0.2) is 0 Å². The van der Waals surface area contributed by atoms with Crippen molar-refractivity contribution in [2.45, 2.75) is 32.7 Å². The number of benzene rings is 1. The molecule has 0 unspecified atom stereocenters. The molecule has 0 fully saturated rings. The minimum atomic E-state index is -0.0516. The van der Waals surface area contributed by atoms with E-state index in [1.165, 1.54) is 0 Å². The molecule has 1 aromatic rings. The van der Waals surface area contributed by atoms with Gasteiger partial charge < -0.3 is 15.1 Å². The molecule has 1 aromatic carbocycles. The van der Waals surface area contributed by atoms with E-state index in [-0.39, 0.29) is 25.2 Å². The Balaban J connectivity index is 2.90. The molecule has 2 N–H and O–H groups in total. The summed E-state index contributed by atoms with van der Waals surface area (Å²) >= 11 is 0. The molecule has 0 aliphatic heterocycles. The first kappa shape index (κ1) is 17.2. The monoisotopic (exact) mass is 289 g/mol. The standard InChI is InChI=1S/C17H23NO3/c1-14(2)18(10-6-12-20)17(21)16-9-5-8-15(13-16)7-3-4-11-19/h5,8-9,13-14,19-20H,4,6,10-12H2,1-2H3. The lowest BCUT2D eigenvalue weighted by atomic mass is 10.1. The molecule has 4 heteroatoms. The molecule has 4 nitrogen and oxygen atoms in total. The number of carbonyl (C=O) groups excluding carboxylic acids is 1. The van der Waals surface area contributed by atoms with Crippen LogP contribution in [0.3, 0.4) is 0 Å². The van der Waals surface area contributed by atoms with Gasteiger partial charge in [-0.15, -0.1) is 0 Å². The van der Waals surface area contributed by atoms with Crippen LogP contribution in [0.5, 0.6) is 0 Å². The SMILES string of the molecule is CC(C)N(CCCO)C(=O)c1cccc(C#CCCO)c1. The van der Waals surface area contributed by atoms with Crippen LogP contribution < -0.4 is 0 Å². The van der Waals surface area contributed by atoms with Crippen molar-refractivity contribution in [3.05, 3.63) is 35.4 Å². The van der Waals surface area contributed by atoms with E-state index in [9.17, 15) is 4.79 Å². The lowest BCUT2D eigenvalue weighted by molar-refractivity contribution is 0.0693. The van der Waals surface area contributed by atoms with Crippen molar-refractivity contribution < 1.29 is 15.0 Å². The van der Waals surface area contributed by atoms with Crippen LogP contribution in [-0.2, 0) is 0 Å². The molecule has 0 spiro atoms. The fraction of sp³-hybridized carbons (Fsp3) is 0.471. The third-order valence-electron chi connectivity index (χ3n) is 3.02. The van der Waals surface area contributed by atoms with E-state index in [2.05, 4.69) is 11.8 Å². The maximum Gasteiger partial charge on any atom is 0.254 e. The van der Waals surface area contributed by atoms with E-state index in [0.29, 0.717) is 24.9 Å². The maximum atomic E-state index is 12.5. The van der Waals surface area contributed by atoms with Crippen LogP contribution >= 0.6 is 0 Å². The molecule has 0 aliphatic rings. The molecule has 1 rings (SSSR count). The van der Waals surface area contributed by atoms with Gasteiger partial charge in [0.25, 0.3) is 5.91 Å². The number of hydrogen-bond donors (Lipinski definition) is 2. The smallest absolute Gasteiger partial charge is 0.254 e. The highest BCUT2D eigenvalue weighted by Crippen LogP contribution is 2.11. The van der Waals surface area contributed by atoms with Crippen LogP contribution in [-0.4, -0.2) is 46.8 Å². The summed E-state index contributed by atoms with van der Waals surface area (Å²) in [5, 5.41) is 17.7. The Bertz CT molecular complexity index is 514. The average Bonchev–Trinajstić information content (AvgIpc) is 2.47. The van der Waals surface area contributed by atoms with E-state index in [1.54, 1.807) is 23.1 Å². The molecule has 0 aliphatic carbocycles. The minimum absolute atomic E-state index is 0.0356. The predicted octanol–water partition coefficient (Wildman–Crippen LogP) is 1.65. The van der Waals surface area contributed by atoms with Gasteiger partial charge in [0, 0.05) is 36.7 Å². The molecule has 0 saturated carbocycles.